The largest absolute Gasteiger partial charge is 0.388 e. The van der Waals surface area contributed by atoms with Gasteiger partial charge in [-0.2, -0.15) is 0 Å². The zero-order valence-electron chi connectivity index (χ0n) is 13.4. The summed E-state index contributed by atoms with van der Waals surface area (Å²) in [5.74, 6) is 0. The molecule has 0 saturated heterocycles. The van der Waals surface area contributed by atoms with Crippen molar-refractivity contribution in [2.75, 3.05) is 13.1 Å². The molecular formula is C16H27N3O2S. The number of thiazole rings is 1. The third-order valence-electron chi connectivity index (χ3n) is 4.18. The molecule has 1 aliphatic carbocycles. The summed E-state index contributed by atoms with van der Waals surface area (Å²) < 4.78 is 0. The highest BCUT2D eigenvalue weighted by molar-refractivity contribution is 7.09. The summed E-state index contributed by atoms with van der Waals surface area (Å²) in [6.07, 6.45) is 7.72. The molecule has 124 valence electrons. The summed E-state index contributed by atoms with van der Waals surface area (Å²) in [5, 5.41) is 19.3. The van der Waals surface area contributed by atoms with E-state index in [2.05, 4.69) is 22.5 Å². The smallest absolute Gasteiger partial charge is 0.314 e. The van der Waals surface area contributed by atoms with Gasteiger partial charge < -0.3 is 15.7 Å². The van der Waals surface area contributed by atoms with E-state index in [0.29, 0.717) is 13.1 Å². The molecule has 3 N–H and O–H groups in total. The fourth-order valence-corrected chi connectivity index (χ4v) is 3.58. The predicted molar refractivity (Wildman–Crippen MR) is 89.2 cm³/mol. The highest BCUT2D eigenvalue weighted by atomic mass is 32.1. The Morgan fingerprint density at radius 2 is 2.05 bits per heavy atom. The number of aryl methyl sites for hydroxylation is 1. The first-order valence-corrected chi connectivity index (χ1v) is 9.17. The molecule has 22 heavy (non-hydrogen) atoms. The lowest BCUT2D eigenvalue weighted by Crippen LogP contribution is -2.46. The van der Waals surface area contributed by atoms with Crippen LogP contribution >= 0.6 is 11.3 Å². The van der Waals surface area contributed by atoms with Gasteiger partial charge in [-0.3, -0.25) is 0 Å². The number of aliphatic hydroxyl groups is 1. The quantitative estimate of drug-likeness (QED) is 0.704. The minimum Gasteiger partial charge on any atom is -0.388 e. The normalized spacial score (nSPS) is 17.7. The van der Waals surface area contributed by atoms with Crippen molar-refractivity contribution in [2.24, 2.45) is 0 Å². The van der Waals surface area contributed by atoms with Crippen LogP contribution in [-0.2, 0) is 12.8 Å². The first-order valence-electron chi connectivity index (χ1n) is 8.29. The van der Waals surface area contributed by atoms with Gasteiger partial charge in [0.2, 0.25) is 0 Å². The first kappa shape index (κ1) is 17.2. The summed E-state index contributed by atoms with van der Waals surface area (Å²) >= 11 is 1.67. The predicted octanol–water partition coefficient (Wildman–Crippen LogP) is 2.63. The second kappa shape index (κ2) is 8.48. The standard InChI is InChI=1S/C16H27N3O2S/c1-2-14-19-13(11-22-14)7-10-17-15(20)18-12-16(21)8-5-3-4-6-9-16/h11,21H,2-10,12H2,1H3,(H2,17,18,20). The van der Waals surface area contributed by atoms with E-state index in [9.17, 15) is 9.90 Å². The Balaban J connectivity index is 1.65. The van der Waals surface area contributed by atoms with Crippen molar-refractivity contribution in [3.8, 4) is 0 Å². The Bertz CT molecular complexity index is 468. The van der Waals surface area contributed by atoms with E-state index in [1.54, 1.807) is 11.3 Å². The third kappa shape index (κ3) is 5.57. The van der Waals surface area contributed by atoms with Gasteiger partial charge in [0, 0.05) is 24.9 Å². The molecule has 0 aromatic carbocycles. The molecule has 1 saturated carbocycles. The van der Waals surface area contributed by atoms with Crippen molar-refractivity contribution < 1.29 is 9.90 Å². The van der Waals surface area contributed by atoms with Crippen molar-refractivity contribution in [3.63, 3.8) is 0 Å². The third-order valence-corrected chi connectivity index (χ3v) is 5.22. The van der Waals surface area contributed by atoms with Crippen LogP contribution in [0.1, 0.15) is 56.2 Å². The molecule has 0 unspecified atom stereocenters. The van der Waals surface area contributed by atoms with Gasteiger partial charge in [0.05, 0.1) is 16.3 Å². The number of carbonyl (C=O) groups excluding carboxylic acids is 1. The number of nitrogens with zero attached hydrogens (tertiary/aromatic N) is 1. The fraction of sp³-hybridized carbons (Fsp3) is 0.750. The Morgan fingerprint density at radius 3 is 2.68 bits per heavy atom. The first-order chi connectivity index (χ1) is 10.6. The van der Waals surface area contributed by atoms with Crippen LogP contribution in [0, 0.1) is 0 Å². The average molecular weight is 325 g/mol. The average Bonchev–Trinajstić information content (AvgIpc) is 2.86. The molecule has 2 amide bonds. The molecule has 1 fully saturated rings. The van der Waals surface area contributed by atoms with E-state index >= 15 is 0 Å². The van der Waals surface area contributed by atoms with Crippen molar-refractivity contribution >= 4 is 17.4 Å². The molecule has 5 nitrogen and oxygen atoms in total. The van der Waals surface area contributed by atoms with E-state index in [1.165, 1.54) is 12.8 Å². The molecule has 6 heteroatoms. The molecule has 2 rings (SSSR count). The van der Waals surface area contributed by atoms with Crippen LogP contribution < -0.4 is 10.6 Å². The van der Waals surface area contributed by atoms with E-state index < -0.39 is 5.60 Å². The van der Waals surface area contributed by atoms with Crippen molar-refractivity contribution in [3.05, 3.63) is 16.1 Å². The SMILES string of the molecule is CCc1nc(CCNC(=O)NCC2(O)CCCCCC2)cs1. The number of urea groups is 1. The monoisotopic (exact) mass is 325 g/mol. The van der Waals surface area contributed by atoms with Crippen LogP contribution in [0.2, 0.25) is 0 Å². The molecule has 0 bridgehead atoms. The Morgan fingerprint density at radius 1 is 1.32 bits per heavy atom. The zero-order valence-corrected chi connectivity index (χ0v) is 14.2. The van der Waals surface area contributed by atoms with Crippen LogP contribution in [0.4, 0.5) is 4.79 Å². The summed E-state index contributed by atoms with van der Waals surface area (Å²) in [7, 11) is 0. The molecule has 0 spiro atoms. The number of aromatic nitrogens is 1. The van der Waals surface area contributed by atoms with E-state index in [1.807, 2.05) is 5.38 Å². The molecule has 1 aromatic rings. The van der Waals surface area contributed by atoms with Crippen molar-refractivity contribution in [1.82, 2.24) is 15.6 Å². The number of nitrogens with one attached hydrogen (secondary N) is 2. The second-order valence-electron chi connectivity index (χ2n) is 6.08. The molecule has 0 radical (unpaired) electrons. The Kier molecular flexibility index (Phi) is 6.64. The summed E-state index contributed by atoms with van der Waals surface area (Å²) in [6, 6.07) is -0.205. The summed E-state index contributed by atoms with van der Waals surface area (Å²) in [4.78, 5) is 16.3. The Labute approximate surface area is 136 Å². The molecular weight excluding hydrogens is 298 g/mol. The highest BCUT2D eigenvalue weighted by Crippen LogP contribution is 2.26. The highest BCUT2D eigenvalue weighted by Gasteiger charge is 2.28. The number of hydrogen-bond donors (Lipinski definition) is 3. The number of rotatable bonds is 6. The van der Waals surface area contributed by atoms with Gasteiger partial charge >= 0.3 is 6.03 Å². The van der Waals surface area contributed by atoms with Crippen molar-refractivity contribution in [2.45, 2.75) is 63.9 Å². The summed E-state index contributed by atoms with van der Waals surface area (Å²) in [6.45, 7) is 3.00. The van der Waals surface area contributed by atoms with Gasteiger partial charge in [-0.05, 0) is 19.3 Å². The van der Waals surface area contributed by atoms with E-state index in [4.69, 9.17) is 0 Å². The van der Waals surface area contributed by atoms with Gasteiger partial charge in [0.15, 0.2) is 0 Å². The van der Waals surface area contributed by atoms with Crippen LogP contribution in [0.5, 0.6) is 0 Å². The van der Waals surface area contributed by atoms with Gasteiger partial charge in [0.25, 0.3) is 0 Å². The number of carbonyl (C=O) groups is 1. The van der Waals surface area contributed by atoms with Crippen LogP contribution in [0.25, 0.3) is 0 Å². The van der Waals surface area contributed by atoms with Crippen LogP contribution in [0.3, 0.4) is 0 Å². The molecule has 1 aliphatic rings. The molecule has 1 heterocycles. The van der Waals surface area contributed by atoms with E-state index in [-0.39, 0.29) is 6.03 Å². The summed E-state index contributed by atoms with van der Waals surface area (Å²) in [5.41, 5.74) is 0.309. The lowest BCUT2D eigenvalue weighted by atomic mass is 9.95. The maximum Gasteiger partial charge on any atom is 0.314 e. The molecule has 0 atom stereocenters. The van der Waals surface area contributed by atoms with E-state index in [0.717, 1.165) is 49.2 Å². The van der Waals surface area contributed by atoms with Crippen LogP contribution in [0.15, 0.2) is 5.38 Å². The minimum atomic E-state index is -0.723. The zero-order chi connectivity index (χ0) is 15.8. The lowest BCUT2D eigenvalue weighted by Gasteiger charge is -2.26. The fourth-order valence-electron chi connectivity index (χ4n) is 2.80. The maximum atomic E-state index is 11.8. The number of hydrogen-bond acceptors (Lipinski definition) is 4. The minimum absolute atomic E-state index is 0.205. The van der Waals surface area contributed by atoms with Gasteiger partial charge in [0.1, 0.15) is 0 Å². The van der Waals surface area contributed by atoms with Crippen molar-refractivity contribution in [1.29, 1.82) is 0 Å². The van der Waals surface area contributed by atoms with Gasteiger partial charge in [-0.25, -0.2) is 9.78 Å². The Hall–Kier alpha value is -1.14. The van der Waals surface area contributed by atoms with Crippen LogP contribution in [-0.4, -0.2) is 34.8 Å². The molecule has 1 aromatic heterocycles. The maximum absolute atomic E-state index is 11.8. The molecule has 0 aliphatic heterocycles. The number of amides is 2. The van der Waals surface area contributed by atoms with Gasteiger partial charge in [-0.1, -0.05) is 32.6 Å². The lowest BCUT2D eigenvalue weighted by molar-refractivity contribution is 0.0277. The topological polar surface area (TPSA) is 74.2 Å². The van der Waals surface area contributed by atoms with Gasteiger partial charge in [-0.15, -0.1) is 11.3 Å². The second-order valence-corrected chi connectivity index (χ2v) is 7.03.